The summed E-state index contributed by atoms with van der Waals surface area (Å²) in [4.78, 5) is 25.5. The van der Waals surface area contributed by atoms with E-state index in [-0.39, 0.29) is 11.4 Å². The van der Waals surface area contributed by atoms with Crippen LogP contribution in [-0.2, 0) is 6.54 Å². The number of carbonyl (C=O) groups excluding carboxylic acids is 1. The molecule has 0 saturated heterocycles. The molecule has 0 aromatic carbocycles. The van der Waals surface area contributed by atoms with Gasteiger partial charge in [-0.1, -0.05) is 6.07 Å². The third-order valence-electron chi connectivity index (χ3n) is 4.47. The van der Waals surface area contributed by atoms with Crippen LogP contribution in [0.25, 0.3) is 11.1 Å². The quantitative estimate of drug-likeness (QED) is 0.744. The van der Waals surface area contributed by atoms with Crippen molar-refractivity contribution in [1.82, 2.24) is 20.3 Å². The molecule has 1 saturated carbocycles. The number of aryl methyl sites for hydroxylation is 1. The molecule has 3 aromatic rings. The summed E-state index contributed by atoms with van der Waals surface area (Å²) >= 11 is 0. The van der Waals surface area contributed by atoms with Gasteiger partial charge in [0.2, 0.25) is 5.71 Å². The van der Waals surface area contributed by atoms with Crippen molar-refractivity contribution in [2.24, 2.45) is 0 Å². The zero-order valence-electron chi connectivity index (χ0n) is 14.2. The minimum atomic E-state index is -0.222. The Balaban J connectivity index is 1.66. The predicted molar refractivity (Wildman–Crippen MR) is 93.2 cm³/mol. The molecule has 3 aromatic heterocycles. The molecule has 1 amide bonds. The second-order valence-corrected chi connectivity index (χ2v) is 6.63. The van der Waals surface area contributed by atoms with Crippen LogP contribution in [0, 0.1) is 6.92 Å². The number of amides is 1. The van der Waals surface area contributed by atoms with E-state index in [0.29, 0.717) is 34.8 Å². The van der Waals surface area contributed by atoms with Gasteiger partial charge < -0.3 is 15.1 Å². The Kier molecular flexibility index (Phi) is 3.63. The van der Waals surface area contributed by atoms with Crippen molar-refractivity contribution in [2.45, 2.75) is 38.8 Å². The number of furan rings is 1. The molecule has 1 aliphatic carbocycles. The van der Waals surface area contributed by atoms with Gasteiger partial charge in [-0.25, -0.2) is 9.97 Å². The molecule has 0 bridgehead atoms. The molecule has 0 spiro atoms. The standard InChI is InChI=1S/C18H19N5O2/c1-11-13(16(24)20-9-12-5-3-4-8-19-12)14-15(23-18(2)6-7-18)21-10-22-17(14)25-11/h3-5,8,10H,6-7,9H2,1-2H3,(H,20,24)(H,21,22,23). The summed E-state index contributed by atoms with van der Waals surface area (Å²) in [6.07, 6.45) is 5.31. The monoisotopic (exact) mass is 337 g/mol. The molecule has 0 radical (unpaired) electrons. The van der Waals surface area contributed by atoms with Gasteiger partial charge >= 0.3 is 0 Å². The maximum Gasteiger partial charge on any atom is 0.255 e. The smallest absolute Gasteiger partial charge is 0.255 e. The molecular formula is C18H19N5O2. The largest absolute Gasteiger partial charge is 0.442 e. The van der Waals surface area contributed by atoms with E-state index < -0.39 is 0 Å². The van der Waals surface area contributed by atoms with Gasteiger partial charge in [-0.3, -0.25) is 9.78 Å². The minimum absolute atomic E-state index is 0.0359. The fraction of sp³-hybridized carbons (Fsp3) is 0.333. The summed E-state index contributed by atoms with van der Waals surface area (Å²) in [5.41, 5.74) is 1.72. The van der Waals surface area contributed by atoms with Gasteiger partial charge in [-0.15, -0.1) is 0 Å². The van der Waals surface area contributed by atoms with Crippen molar-refractivity contribution >= 4 is 22.8 Å². The van der Waals surface area contributed by atoms with Crippen molar-refractivity contribution in [3.8, 4) is 0 Å². The van der Waals surface area contributed by atoms with Crippen molar-refractivity contribution in [3.63, 3.8) is 0 Å². The summed E-state index contributed by atoms with van der Waals surface area (Å²) in [7, 11) is 0. The average molecular weight is 337 g/mol. The first-order chi connectivity index (χ1) is 12.1. The van der Waals surface area contributed by atoms with Crippen LogP contribution in [0.1, 0.15) is 41.6 Å². The number of hydrogen-bond donors (Lipinski definition) is 2. The summed E-state index contributed by atoms with van der Waals surface area (Å²) < 4.78 is 5.68. The fourth-order valence-electron chi connectivity index (χ4n) is 2.77. The fourth-order valence-corrected chi connectivity index (χ4v) is 2.77. The summed E-state index contributed by atoms with van der Waals surface area (Å²) in [6.45, 7) is 4.24. The lowest BCUT2D eigenvalue weighted by molar-refractivity contribution is 0.0950. The van der Waals surface area contributed by atoms with Crippen LogP contribution in [-0.4, -0.2) is 26.4 Å². The van der Waals surface area contributed by atoms with Gasteiger partial charge in [0.15, 0.2) is 0 Å². The van der Waals surface area contributed by atoms with Crippen LogP contribution in [0.3, 0.4) is 0 Å². The maximum absolute atomic E-state index is 12.8. The highest BCUT2D eigenvalue weighted by atomic mass is 16.3. The van der Waals surface area contributed by atoms with Crippen molar-refractivity contribution in [2.75, 3.05) is 5.32 Å². The topological polar surface area (TPSA) is 92.9 Å². The Hall–Kier alpha value is -2.96. The third kappa shape index (κ3) is 3.05. The van der Waals surface area contributed by atoms with Crippen LogP contribution >= 0.6 is 0 Å². The second kappa shape index (κ2) is 5.84. The minimum Gasteiger partial charge on any atom is -0.442 e. The number of pyridine rings is 1. The Morgan fingerprint density at radius 1 is 1.28 bits per heavy atom. The van der Waals surface area contributed by atoms with Gasteiger partial charge in [-0.2, -0.15) is 0 Å². The van der Waals surface area contributed by atoms with Crippen LogP contribution in [0.4, 0.5) is 5.82 Å². The van der Waals surface area contributed by atoms with Crippen molar-refractivity contribution < 1.29 is 9.21 Å². The van der Waals surface area contributed by atoms with Gasteiger partial charge in [0, 0.05) is 11.7 Å². The van der Waals surface area contributed by atoms with Gasteiger partial charge in [0.25, 0.3) is 5.91 Å². The van der Waals surface area contributed by atoms with Crippen molar-refractivity contribution in [1.29, 1.82) is 0 Å². The van der Waals surface area contributed by atoms with Crippen LogP contribution in [0.15, 0.2) is 35.1 Å². The lowest BCUT2D eigenvalue weighted by Gasteiger charge is -2.13. The summed E-state index contributed by atoms with van der Waals surface area (Å²) in [5, 5.41) is 6.94. The van der Waals surface area contributed by atoms with Crippen LogP contribution < -0.4 is 10.6 Å². The highest BCUT2D eigenvalue weighted by Crippen LogP contribution is 2.40. The molecular weight excluding hydrogens is 318 g/mol. The zero-order valence-corrected chi connectivity index (χ0v) is 14.2. The molecule has 2 N–H and O–H groups in total. The molecule has 1 aliphatic rings. The first kappa shape index (κ1) is 15.6. The van der Waals surface area contributed by atoms with E-state index in [9.17, 15) is 4.79 Å². The SMILES string of the molecule is Cc1oc2ncnc(NC3(C)CC3)c2c1C(=O)NCc1ccccn1. The molecule has 0 aliphatic heterocycles. The number of hydrogen-bond acceptors (Lipinski definition) is 6. The lowest BCUT2D eigenvalue weighted by Crippen LogP contribution is -2.24. The number of aromatic nitrogens is 3. The first-order valence-electron chi connectivity index (χ1n) is 8.26. The van der Waals surface area contributed by atoms with E-state index in [1.165, 1.54) is 6.33 Å². The molecule has 7 heteroatoms. The molecule has 4 rings (SSSR count). The first-order valence-corrected chi connectivity index (χ1v) is 8.26. The maximum atomic E-state index is 12.8. The zero-order chi connectivity index (χ0) is 17.4. The lowest BCUT2D eigenvalue weighted by atomic mass is 10.1. The number of nitrogens with one attached hydrogen (secondary N) is 2. The summed E-state index contributed by atoms with van der Waals surface area (Å²) in [5.74, 6) is 0.948. The molecule has 7 nitrogen and oxygen atoms in total. The second-order valence-electron chi connectivity index (χ2n) is 6.63. The Morgan fingerprint density at radius 2 is 2.12 bits per heavy atom. The number of rotatable bonds is 5. The van der Waals surface area contributed by atoms with Crippen molar-refractivity contribution in [3.05, 3.63) is 47.7 Å². The molecule has 128 valence electrons. The average Bonchev–Trinajstić information content (AvgIpc) is 3.22. The molecule has 1 fully saturated rings. The number of nitrogens with zero attached hydrogens (tertiary/aromatic N) is 3. The van der Waals surface area contributed by atoms with Gasteiger partial charge in [0.1, 0.15) is 17.9 Å². The Morgan fingerprint density at radius 3 is 2.84 bits per heavy atom. The molecule has 0 unspecified atom stereocenters. The molecule has 25 heavy (non-hydrogen) atoms. The number of carbonyl (C=O) groups is 1. The number of anilines is 1. The third-order valence-corrected chi connectivity index (χ3v) is 4.47. The van der Waals surface area contributed by atoms with E-state index in [0.717, 1.165) is 18.5 Å². The number of fused-ring (bicyclic) bond motifs is 1. The van der Waals surface area contributed by atoms with E-state index in [1.807, 2.05) is 18.2 Å². The highest BCUT2D eigenvalue weighted by Gasteiger charge is 2.38. The molecule has 3 heterocycles. The van der Waals surface area contributed by atoms with E-state index in [2.05, 4.69) is 32.5 Å². The van der Waals surface area contributed by atoms with E-state index in [4.69, 9.17) is 4.42 Å². The Labute approximate surface area is 144 Å². The van der Waals surface area contributed by atoms with E-state index in [1.54, 1.807) is 13.1 Å². The normalized spacial score (nSPS) is 15.1. The summed E-state index contributed by atoms with van der Waals surface area (Å²) in [6, 6.07) is 5.59. The Bertz CT molecular complexity index is 931. The van der Waals surface area contributed by atoms with Crippen LogP contribution in [0.5, 0.6) is 0 Å². The van der Waals surface area contributed by atoms with Gasteiger partial charge in [-0.05, 0) is 38.8 Å². The van der Waals surface area contributed by atoms with Crippen LogP contribution in [0.2, 0.25) is 0 Å². The van der Waals surface area contributed by atoms with E-state index >= 15 is 0 Å². The molecule has 0 atom stereocenters. The highest BCUT2D eigenvalue weighted by molar-refractivity contribution is 6.10. The van der Waals surface area contributed by atoms with Gasteiger partial charge in [0.05, 0.1) is 23.2 Å². The predicted octanol–water partition coefficient (Wildman–Crippen LogP) is 2.82.